The van der Waals surface area contributed by atoms with Gasteiger partial charge in [-0.15, -0.1) is 11.3 Å². The quantitative estimate of drug-likeness (QED) is 0.713. The number of halogens is 1. The molecule has 3 rings (SSSR count). The first-order valence-electron chi connectivity index (χ1n) is 7.62. The van der Waals surface area contributed by atoms with E-state index in [0.717, 1.165) is 28.7 Å². The molecule has 23 heavy (non-hydrogen) atoms. The number of benzene rings is 1. The third-order valence-corrected chi connectivity index (χ3v) is 5.00. The van der Waals surface area contributed by atoms with Crippen LogP contribution in [0.3, 0.4) is 0 Å². The van der Waals surface area contributed by atoms with Gasteiger partial charge in [-0.2, -0.15) is 5.10 Å². The van der Waals surface area contributed by atoms with Crippen LogP contribution in [-0.4, -0.2) is 14.8 Å². The zero-order valence-electron chi connectivity index (χ0n) is 13.2. The van der Waals surface area contributed by atoms with Gasteiger partial charge in [0.25, 0.3) is 0 Å². The summed E-state index contributed by atoms with van der Waals surface area (Å²) < 4.78 is 1.94. The Bertz CT molecular complexity index is 763. The molecule has 0 radical (unpaired) electrons. The Morgan fingerprint density at radius 3 is 2.74 bits per heavy atom. The first-order valence-corrected chi connectivity index (χ1v) is 8.81. The van der Waals surface area contributed by atoms with Crippen molar-refractivity contribution in [3.8, 4) is 10.6 Å². The average Bonchev–Trinajstić information content (AvgIpc) is 3.22. The standard InChI is InChI=1S/C17H19ClN4S/c1-3-22-11-14(8-21-22)12(2)19-9-16-10-20-17(23-16)13-4-6-15(18)7-5-13/h4-8,10-12,19H,3,9H2,1-2H3/t12-/m1/s1. The molecule has 0 fully saturated rings. The van der Waals surface area contributed by atoms with Crippen molar-refractivity contribution in [2.24, 2.45) is 0 Å². The molecule has 120 valence electrons. The monoisotopic (exact) mass is 346 g/mol. The highest BCUT2D eigenvalue weighted by molar-refractivity contribution is 7.15. The molecule has 0 saturated carbocycles. The predicted molar refractivity (Wildman–Crippen MR) is 95.7 cm³/mol. The lowest BCUT2D eigenvalue weighted by atomic mass is 10.2. The smallest absolute Gasteiger partial charge is 0.123 e. The highest BCUT2D eigenvalue weighted by Crippen LogP contribution is 2.26. The number of rotatable bonds is 6. The van der Waals surface area contributed by atoms with Gasteiger partial charge in [-0.3, -0.25) is 4.68 Å². The van der Waals surface area contributed by atoms with Gasteiger partial charge in [-0.25, -0.2) is 4.98 Å². The number of aryl methyl sites for hydroxylation is 1. The Labute approximate surface area is 145 Å². The number of aromatic nitrogens is 3. The second-order valence-corrected chi connectivity index (χ2v) is 6.92. The zero-order valence-corrected chi connectivity index (χ0v) is 14.7. The van der Waals surface area contributed by atoms with Crippen molar-refractivity contribution in [2.75, 3.05) is 0 Å². The SMILES string of the molecule is CCn1cc([C@@H](C)NCc2cnc(-c3ccc(Cl)cc3)s2)cn1. The minimum absolute atomic E-state index is 0.261. The molecule has 1 N–H and O–H groups in total. The van der Waals surface area contributed by atoms with Crippen LogP contribution in [0.5, 0.6) is 0 Å². The zero-order chi connectivity index (χ0) is 16.2. The van der Waals surface area contributed by atoms with Gasteiger partial charge in [0.05, 0.1) is 6.20 Å². The van der Waals surface area contributed by atoms with E-state index in [1.807, 2.05) is 41.3 Å². The normalized spacial score (nSPS) is 12.5. The van der Waals surface area contributed by atoms with Gasteiger partial charge in [0.1, 0.15) is 5.01 Å². The van der Waals surface area contributed by atoms with Gasteiger partial charge in [0.15, 0.2) is 0 Å². The first-order chi connectivity index (χ1) is 11.2. The number of nitrogens with zero attached hydrogens (tertiary/aromatic N) is 3. The van der Waals surface area contributed by atoms with Crippen molar-refractivity contribution in [3.63, 3.8) is 0 Å². The molecule has 0 aliphatic rings. The first kappa shape index (κ1) is 16.2. The molecule has 0 aliphatic heterocycles. The van der Waals surface area contributed by atoms with Crippen molar-refractivity contribution in [1.29, 1.82) is 0 Å². The van der Waals surface area contributed by atoms with Crippen molar-refractivity contribution >= 4 is 22.9 Å². The van der Waals surface area contributed by atoms with Crippen LogP contribution in [0, 0.1) is 0 Å². The Morgan fingerprint density at radius 2 is 2.04 bits per heavy atom. The van der Waals surface area contributed by atoms with E-state index < -0.39 is 0 Å². The topological polar surface area (TPSA) is 42.7 Å². The lowest BCUT2D eigenvalue weighted by Gasteiger charge is -2.10. The summed E-state index contributed by atoms with van der Waals surface area (Å²) in [4.78, 5) is 5.72. The minimum Gasteiger partial charge on any atom is -0.305 e. The number of hydrogen-bond acceptors (Lipinski definition) is 4. The average molecular weight is 347 g/mol. The van der Waals surface area contributed by atoms with E-state index in [1.165, 1.54) is 10.4 Å². The molecule has 1 atom stereocenters. The van der Waals surface area contributed by atoms with Gasteiger partial charge < -0.3 is 5.32 Å². The van der Waals surface area contributed by atoms with Crippen LogP contribution >= 0.6 is 22.9 Å². The molecule has 2 heterocycles. The van der Waals surface area contributed by atoms with Gasteiger partial charge in [-0.1, -0.05) is 23.7 Å². The fourth-order valence-corrected chi connectivity index (χ4v) is 3.26. The molecular formula is C17H19ClN4S. The summed E-state index contributed by atoms with van der Waals surface area (Å²) in [5.41, 5.74) is 2.30. The van der Waals surface area contributed by atoms with Gasteiger partial charge in [-0.05, 0) is 26.0 Å². The molecule has 0 amide bonds. The summed E-state index contributed by atoms with van der Waals surface area (Å²) in [6, 6.07) is 8.05. The molecule has 3 aromatic rings. The van der Waals surface area contributed by atoms with Crippen molar-refractivity contribution in [2.45, 2.75) is 33.0 Å². The summed E-state index contributed by atoms with van der Waals surface area (Å²) in [6.07, 6.45) is 5.94. The molecule has 0 saturated heterocycles. The fourth-order valence-electron chi connectivity index (χ4n) is 2.26. The number of nitrogens with one attached hydrogen (secondary N) is 1. The Kier molecular flexibility index (Phi) is 5.10. The largest absolute Gasteiger partial charge is 0.305 e. The molecule has 0 bridgehead atoms. The molecule has 1 aromatic carbocycles. The molecule has 0 aliphatic carbocycles. The van der Waals surface area contributed by atoms with E-state index >= 15 is 0 Å². The summed E-state index contributed by atoms with van der Waals surface area (Å²) in [5.74, 6) is 0. The fraction of sp³-hybridized carbons (Fsp3) is 0.294. The second kappa shape index (κ2) is 7.25. The van der Waals surface area contributed by atoms with Crippen LogP contribution in [0.4, 0.5) is 0 Å². The van der Waals surface area contributed by atoms with E-state index in [2.05, 4.69) is 35.4 Å². The maximum Gasteiger partial charge on any atom is 0.123 e. The molecular weight excluding hydrogens is 328 g/mol. The van der Waals surface area contributed by atoms with Gasteiger partial charge >= 0.3 is 0 Å². The summed E-state index contributed by atoms with van der Waals surface area (Å²) in [5, 5.41) is 9.60. The maximum atomic E-state index is 5.93. The van der Waals surface area contributed by atoms with E-state index in [4.69, 9.17) is 11.6 Å². The molecule has 4 nitrogen and oxygen atoms in total. The molecule has 0 unspecified atom stereocenters. The highest BCUT2D eigenvalue weighted by Gasteiger charge is 2.09. The Balaban J connectivity index is 1.61. The van der Waals surface area contributed by atoms with Crippen LogP contribution in [0.2, 0.25) is 5.02 Å². The third-order valence-electron chi connectivity index (χ3n) is 3.70. The number of thiazole rings is 1. The van der Waals surface area contributed by atoms with Crippen LogP contribution in [0.25, 0.3) is 10.6 Å². The maximum absolute atomic E-state index is 5.93. The van der Waals surface area contributed by atoms with Crippen molar-refractivity contribution < 1.29 is 0 Å². The summed E-state index contributed by atoms with van der Waals surface area (Å²) >= 11 is 7.63. The number of hydrogen-bond donors (Lipinski definition) is 1. The van der Waals surface area contributed by atoms with E-state index in [-0.39, 0.29) is 6.04 Å². The minimum atomic E-state index is 0.261. The van der Waals surface area contributed by atoms with Crippen LogP contribution in [0.15, 0.2) is 42.9 Å². The summed E-state index contributed by atoms with van der Waals surface area (Å²) in [7, 11) is 0. The predicted octanol–water partition coefficient (Wildman–Crippen LogP) is 4.53. The highest BCUT2D eigenvalue weighted by atomic mass is 35.5. The van der Waals surface area contributed by atoms with Gasteiger partial charge in [0, 0.05) is 52.6 Å². The molecule has 0 spiro atoms. The second-order valence-electron chi connectivity index (χ2n) is 5.37. The van der Waals surface area contributed by atoms with Crippen LogP contribution in [0.1, 0.15) is 30.3 Å². The Hall–Kier alpha value is -1.69. The Morgan fingerprint density at radius 1 is 1.26 bits per heavy atom. The van der Waals surface area contributed by atoms with Gasteiger partial charge in [0.2, 0.25) is 0 Å². The van der Waals surface area contributed by atoms with E-state index in [9.17, 15) is 0 Å². The van der Waals surface area contributed by atoms with E-state index in [1.54, 1.807) is 11.3 Å². The van der Waals surface area contributed by atoms with Crippen molar-refractivity contribution in [1.82, 2.24) is 20.1 Å². The third kappa shape index (κ3) is 3.99. The molecule has 6 heteroatoms. The summed E-state index contributed by atoms with van der Waals surface area (Å²) in [6.45, 7) is 5.93. The molecule has 2 aromatic heterocycles. The van der Waals surface area contributed by atoms with Crippen molar-refractivity contribution in [3.05, 3.63) is 58.3 Å². The lowest BCUT2D eigenvalue weighted by Crippen LogP contribution is -2.17. The van der Waals surface area contributed by atoms with E-state index in [0.29, 0.717) is 0 Å². The van der Waals surface area contributed by atoms with Crippen LogP contribution < -0.4 is 5.32 Å². The van der Waals surface area contributed by atoms with Crippen LogP contribution in [-0.2, 0) is 13.1 Å². The lowest BCUT2D eigenvalue weighted by molar-refractivity contribution is 0.576.